The minimum Gasteiger partial charge on any atom is -0.480 e. The van der Waals surface area contributed by atoms with Gasteiger partial charge in [-0.25, -0.2) is 9.78 Å². The highest BCUT2D eigenvalue weighted by atomic mass is 16.5. The molecule has 9 heteroatoms. The molecule has 0 saturated heterocycles. The van der Waals surface area contributed by atoms with E-state index in [0.717, 1.165) is 0 Å². The van der Waals surface area contributed by atoms with E-state index in [1.807, 2.05) is 0 Å². The average molecular weight is 298 g/mol. The SMILES string of the molecule is COC(=O)C(Cc1c[nH]cn1)NC(=O)CCC(N)C(=O)O. The predicted molar refractivity (Wildman–Crippen MR) is 71.1 cm³/mol. The van der Waals surface area contributed by atoms with Gasteiger partial charge in [-0.2, -0.15) is 0 Å². The number of carbonyl (C=O) groups excluding carboxylic acids is 2. The van der Waals surface area contributed by atoms with Crippen molar-refractivity contribution in [3.05, 3.63) is 18.2 Å². The lowest BCUT2D eigenvalue weighted by Crippen LogP contribution is -2.43. The lowest BCUT2D eigenvalue weighted by atomic mass is 10.1. The van der Waals surface area contributed by atoms with Crippen LogP contribution < -0.4 is 11.1 Å². The van der Waals surface area contributed by atoms with E-state index in [-0.39, 0.29) is 19.3 Å². The monoisotopic (exact) mass is 298 g/mol. The summed E-state index contributed by atoms with van der Waals surface area (Å²) in [5.74, 6) is -2.25. The molecule has 0 saturated carbocycles. The summed E-state index contributed by atoms with van der Waals surface area (Å²) in [6.45, 7) is 0. The Morgan fingerprint density at radius 3 is 2.76 bits per heavy atom. The standard InChI is InChI=1S/C12H18N4O5/c1-21-12(20)9(4-7-5-14-6-15-7)16-10(17)3-2-8(13)11(18)19/h5-6,8-9H,2-4,13H2,1H3,(H,14,15)(H,16,17)(H,18,19). The number of hydrogen-bond acceptors (Lipinski definition) is 6. The number of carbonyl (C=O) groups is 3. The van der Waals surface area contributed by atoms with Crippen molar-refractivity contribution < 1.29 is 24.2 Å². The van der Waals surface area contributed by atoms with Gasteiger partial charge >= 0.3 is 11.9 Å². The summed E-state index contributed by atoms with van der Waals surface area (Å²) in [4.78, 5) is 40.6. The molecule has 0 aliphatic heterocycles. The van der Waals surface area contributed by atoms with E-state index in [0.29, 0.717) is 5.69 Å². The number of ether oxygens (including phenoxy) is 1. The van der Waals surface area contributed by atoms with Gasteiger partial charge < -0.3 is 25.9 Å². The predicted octanol–water partition coefficient (Wildman–Crippen LogP) is -1.20. The molecule has 116 valence electrons. The topological polar surface area (TPSA) is 147 Å². The summed E-state index contributed by atoms with van der Waals surface area (Å²) in [7, 11) is 1.21. The van der Waals surface area contributed by atoms with Crippen molar-refractivity contribution in [3.8, 4) is 0 Å². The lowest BCUT2D eigenvalue weighted by molar-refractivity contribution is -0.145. The first kappa shape index (κ1) is 16.6. The van der Waals surface area contributed by atoms with Gasteiger partial charge in [0, 0.05) is 19.0 Å². The number of esters is 1. The highest BCUT2D eigenvalue weighted by Gasteiger charge is 2.23. The molecule has 0 spiro atoms. The molecule has 0 aliphatic carbocycles. The van der Waals surface area contributed by atoms with Gasteiger partial charge in [0.25, 0.3) is 0 Å². The molecule has 0 fully saturated rings. The van der Waals surface area contributed by atoms with Crippen LogP contribution in [0.1, 0.15) is 18.5 Å². The molecular formula is C12H18N4O5. The number of nitrogens with one attached hydrogen (secondary N) is 2. The number of nitrogens with zero attached hydrogens (tertiary/aromatic N) is 1. The first-order chi connectivity index (χ1) is 9.93. The maximum Gasteiger partial charge on any atom is 0.328 e. The second-order valence-corrected chi connectivity index (χ2v) is 4.39. The molecule has 2 unspecified atom stereocenters. The van der Waals surface area contributed by atoms with Gasteiger partial charge in [-0.05, 0) is 6.42 Å². The Morgan fingerprint density at radius 1 is 1.52 bits per heavy atom. The van der Waals surface area contributed by atoms with E-state index in [4.69, 9.17) is 10.8 Å². The molecule has 0 aliphatic rings. The number of carboxylic acid groups (broad SMARTS) is 1. The molecule has 5 N–H and O–H groups in total. The van der Waals surface area contributed by atoms with E-state index < -0.39 is 29.9 Å². The number of rotatable bonds is 8. The number of carboxylic acids is 1. The summed E-state index contributed by atoms with van der Waals surface area (Å²) < 4.78 is 4.62. The Morgan fingerprint density at radius 2 is 2.24 bits per heavy atom. The summed E-state index contributed by atoms with van der Waals surface area (Å²) in [6.07, 6.45) is 3.12. The molecule has 1 rings (SSSR count). The van der Waals surface area contributed by atoms with E-state index >= 15 is 0 Å². The van der Waals surface area contributed by atoms with Gasteiger partial charge in [-0.15, -0.1) is 0 Å². The Hall–Kier alpha value is -2.42. The number of methoxy groups -OCH3 is 1. The van der Waals surface area contributed by atoms with Gasteiger partial charge in [0.15, 0.2) is 0 Å². The number of imidazole rings is 1. The van der Waals surface area contributed by atoms with Crippen LogP contribution in [0, 0.1) is 0 Å². The van der Waals surface area contributed by atoms with E-state index in [1.54, 1.807) is 6.20 Å². The molecular weight excluding hydrogens is 280 g/mol. The van der Waals surface area contributed by atoms with Crippen molar-refractivity contribution in [1.29, 1.82) is 0 Å². The lowest BCUT2D eigenvalue weighted by Gasteiger charge is -2.16. The fraction of sp³-hybridized carbons (Fsp3) is 0.500. The smallest absolute Gasteiger partial charge is 0.328 e. The highest BCUT2D eigenvalue weighted by Crippen LogP contribution is 2.02. The van der Waals surface area contributed by atoms with E-state index in [9.17, 15) is 14.4 Å². The Bertz CT molecular complexity index is 488. The van der Waals surface area contributed by atoms with Crippen molar-refractivity contribution in [2.24, 2.45) is 5.73 Å². The normalized spacial score (nSPS) is 13.2. The third kappa shape index (κ3) is 5.61. The molecule has 1 aromatic heterocycles. The van der Waals surface area contributed by atoms with Gasteiger partial charge in [0.2, 0.25) is 5.91 Å². The minimum atomic E-state index is -1.18. The number of nitrogens with two attached hydrogens (primary N) is 1. The third-order valence-corrected chi connectivity index (χ3v) is 2.79. The Kier molecular flexibility index (Phi) is 6.34. The van der Waals surface area contributed by atoms with Crippen LogP contribution in [0.3, 0.4) is 0 Å². The largest absolute Gasteiger partial charge is 0.480 e. The summed E-state index contributed by atoms with van der Waals surface area (Å²) in [6, 6.07) is -1.99. The molecule has 1 heterocycles. The van der Waals surface area contributed by atoms with Crippen molar-refractivity contribution >= 4 is 17.8 Å². The van der Waals surface area contributed by atoms with Crippen molar-refractivity contribution in [2.45, 2.75) is 31.3 Å². The van der Waals surface area contributed by atoms with Crippen molar-refractivity contribution in [3.63, 3.8) is 0 Å². The zero-order valence-electron chi connectivity index (χ0n) is 11.5. The van der Waals surface area contributed by atoms with Gasteiger partial charge in [0.1, 0.15) is 12.1 Å². The number of aliphatic carboxylic acids is 1. The van der Waals surface area contributed by atoms with Crippen LogP contribution in [0.5, 0.6) is 0 Å². The zero-order valence-corrected chi connectivity index (χ0v) is 11.5. The average Bonchev–Trinajstić information content (AvgIpc) is 2.95. The maximum absolute atomic E-state index is 11.7. The van der Waals surface area contributed by atoms with Crippen LogP contribution in [-0.2, 0) is 25.5 Å². The third-order valence-electron chi connectivity index (χ3n) is 2.79. The van der Waals surface area contributed by atoms with Gasteiger partial charge in [0.05, 0.1) is 19.1 Å². The fourth-order valence-electron chi connectivity index (χ4n) is 1.62. The highest BCUT2D eigenvalue weighted by molar-refractivity contribution is 5.85. The summed E-state index contributed by atoms with van der Waals surface area (Å²) in [5.41, 5.74) is 5.90. The molecule has 1 amide bonds. The molecule has 2 atom stereocenters. The Balaban J connectivity index is 2.54. The first-order valence-corrected chi connectivity index (χ1v) is 6.27. The fourth-order valence-corrected chi connectivity index (χ4v) is 1.62. The van der Waals surface area contributed by atoms with Gasteiger partial charge in [-0.1, -0.05) is 0 Å². The molecule has 21 heavy (non-hydrogen) atoms. The number of amides is 1. The minimum absolute atomic E-state index is 0.0164. The van der Waals surface area contributed by atoms with Crippen molar-refractivity contribution in [1.82, 2.24) is 15.3 Å². The van der Waals surface area contributed by atoms with Crippen LogP contribution in [-0.4, -0.2) is 52.1 Å². The van der Waals surface area contributed by atoms with Crippen LogP contribution in [0.2, 0.25) is 0 Å². The zero-order chi connectivity index (χ0) is 15.8. The molecule has 0 aromatic carbocycles. The van der Waals surface area contributed by atoms with Crippen molar-refractivity contribution in [2.75, 3.05) is 7.11 Å². The number of H-pyrrole nitrogens is 1. The van der Waals surface area contributed by atoms with Gasteiger partial charge in [-0.3, -0.25) is 9.59 Å². The van der Waals surface area contributed by atoms with E-state index in [2.05, 4.69) is 20.0 Å². The molecule has 0 radical (unpaired) electrons. The molecule has 9 nitrogen and oxygen atoms in total. The number of hydrogen-bond donors (Lipinski definition) is 4. The molecule has 0 bridgehead atoms. The van der Waals surface area contributed by atoms with Crippen LogP contribution in [0.4, 0.5) is 0 Å². The second-order valence-electron chi connectivity index (χ2n) is 4.39. The van der Waals surface area contributed by atoms with Crippen LogP contribution in [0.25, 0.3) is 0 Å². The quantitative estimate of drug-likeness (QED) is 0.441. The first-order valence-electron chi connectivity index (χ1n) is 6.27. The number of aromatic amines is 1. The van der Waals surface area contributed by atoms with Crippen LogP contribution in [0.15, 0.2) is 12.5 Å². The molecule has 1 aromatic rings. The Labute approximate surface area is 120 Å². The second kappa shape index (κ2) is 8.00. The maximum atomic E-state index is 11.7. The van der Waals surface area contributed by atoms with E-state index in [1.165, 1.54) is 13.4 Å². The van der Waals surface area contributed by atoms with Crippen LogP contribution >= 0.6 is 0 Å². The number of aromatic nitrogens is 2. The summed E-state index contributed by atoms with van der Waals surface area (Å²) in [5, 5.41) is 11.1. The summed E-state index contributed by atoms with van der Waals surface area (Å²) >= 11 is 0.